The number of ether oxygens (including phenoxy) is 1. The Bertz CT molecular complexity index is 944. The highest BCUT2D eigenvalue weighted by Gasteiger charge is 2.31. The summed E-state index contributed by atoms with van der Waals surface area (Å²) in [5, 5.41) is 5.01. The molecule has 1 aliphatic heterocycles. The Labute approximate surface area is 140 Å². The number of carbonyl (C=O) groups excluding carboxylic acids is 1. The fourth-order valence-electron chi connectivity index (χ4n) is 3.13. The van der Waals surface area contributed by atoms with Gasteiger partial charge in [-0.15, -0.1) is 0 Å². The van der Waals surface area contributed by atoms with Crippen LogP contribution in [0.1, 0.15) is 22.6 Å². The minimum Gasteiger partial charge on any atom is -0.492 e. The molecular formula is C20H18N2O2. The van der Waals surface area contributed by atoms with Crippen LogP contribution >= 0.6 is 0 Å². The molecule has 0 saturated heterocycles. The van der Waals surface area contributed by atoms with Crippen molar-refractivity contribution < 1.29 is 9.53 Å². The molecule has 0 saturated carbocycles. The Morgan fingerprint density at radius 3 is 2.83 bits per heavy atom. The number of rotatable bonds is 2. The van der Waals surface area contributed by atoms with Crippen molar-refractivity contribution in [2.24, 2.45) is 0 Å². The number of aromatic nitrogens is 1. The number of benzene rings is 2. The number of fused-ring (bicyclic) bond motifs is 2. The SMILES string of the molecule is Cc1cc2c(cc1C)C(C(=O)Nc1cncc3ccccc13)CO2. The van der Waals surface area contributed by atoms with Crippen molar-refractivity contribution in [1.82, 2.24) is 4.98 Å². The van der Waals surface area contributed by atoms with Gasteiger partial charge in [0, 0.05) is 22.5 Å². The summed E-state index contributed by atoms with van der Waals surface area (Å²) in [6, 6.07) is 12.0. The van der Waals surface area contributed by atoms with Crippen LogP contribution in [0.3, 0.4) is 0 Å². The molecule has 0 fully saturated rings. The second kappa shape index (κ2) is 5.64. The van der Waals surface area contributed by atoms with Crippen molar-refractivity contribution in [3.63, 3.8) is 0 Å². The van der Waals surface area contributed by atoms with Crippen molar-refractivity contribution in [1.29, 1.82) is 0 Å². The van der Waals surface area contributed by atoms with E-state index in [2.05, 4.69) is 23.3 Å². The third kappa shape index (κ3) is 2.40. The number of nitrogens with zero attached hydrogens (tertiary/aromatic N) is 1. The van der Waals surface area contributed by atoms with Crippen molar-refractivity contribution in [3.05, 3.63) is 65.5 Å². The summed E-state index contributed by atoms with van der Waals surface area (Å²) in [5.41, 5.74) is 4.04. The minimum atomic E-state index is -0.293. The molecule has 1 amide bonds. The summed E-state index contributed by atoms with van der Waals surface area (Å²) in [5.74, 6) is 0.461. The van der Waals surface area contributed by atoms with Gasteiger partial charge in [0.1, 0.15) is 18.3 Å². The highest BCUT2D eigenvalue weighted by atomic mass is 16.5. The molecule has 120 valence electrons. The number of aryl methyl sites for hydroxylation is 2. The van der Waals surface area contributed by atoms with Gasteiger partial charge in [-0.3, -0.25) is 9.78 Å². The van der Waals surface area contributed by atoms with Crippen molar-refractivity contribution in [2.75, 3.05) is 11.9 Å². The Hall–Kier alpha value is -2.88. The predicted octanol–water partition coefficient (Wildman–Crippen LogP) is 3.97. The van der Waals surface area contributed by atoms with Crippen molar-refractivity contribution >= 4 is 22.4 Å². The van der Waals surface area contributed by atoms with E-state index in [1.54, 1.807) is 12.4 Å². The molecule has 0 bridgehead atoms. The first-order valence-electron chi connectivity index (χ1n) is 8.01. The largest absolute Gasteiger partial charge is 0.492 e. The van der Waals surface area contributed by atoms with Crippen LogP contribution < -0.4 is 10.1 Å². The van der Waals surface area contributed by atoms with Crippen molar-refractivity contribution in [3.8, 4) is 5.75 Å². The predicted molar refractivity (Wildman–Crippen MR) is 94.5 cm³/mol. The first kappa shape index (κ1) is 14.7. The summed E-state index contributed by atoms with van der Waals surface area (Å²) in [6.07, 6.45) is 3.49. The fourth-order valence-corrected chi connectivity index (χ4v) is 3.13. The summed E-state index contributed by atoms with van der Waals surface area (Å²) in [4.78, 5) is 17.0. The van der Waals surface area contributed by atoms with E-state index in [-0.39, 0.29) is 11.8 Å². The molecular weight excluding hydrogens is 300 g/mol. The second-order valence-electron chi connectivity index (χ2n) is 6.24. The summed E-state index contributed by atoms with van der Waals surface area (Å²) >= 11 is 0. The Balaban J connectivity index is 1.66. The average Bonchev–Trinajstić information content (AvgIpc) is 2.98. The van der Waals surface area contributed by atoms with Gasteiger partial charge in [0.15, 0.2) is 0 Å². The molecule has 4 nitrogen and oxygen atoms in total. The van der Waals surface area contributed by atoms with Gasteiger partial charge in [-0.1, -0.05) is 30.3 Å². The van der Waals surface area contributed by atoms with E-state index < -0.39 is 0 Å². The molecule has 4 heteroatoms. The lowest BCUT2D eigenvalue weighted by Crippen LogP contribution is -2.22. The quantitative estimate of drug-likeness (QED) is 0.778. The van der Waals surface area contributed by atoms with Crippen LogP contribution in [-0.2, 0) is 4.79 Å². The zero-order chi connectivity index (χ0) is 16.7. The maximum Gasteiger partial charge on any atom is 0.235 e. The normalized spacial score (nSPS) is 15.8. The second-order valence-corrected chi connectivity index (χ2v) is 6.24. The minimum absolute atomic E-state index is 0.0600. The lowest BCUT2D eigenvalue weighted by Gasteiger charge is -2.12. The smallest absolute Gasteiger partial charge is 0.235 e. The van der Waals surface area contributed by atoms with E-state index in [0.717, 1.165) is 27.8 Å². The van der Waals surface area contributed by atoms with Crippen LogP contribution in [0.5, 0.6) is 5.75 Å². The molecule has 1 aromatic heterocycles. The van der Waals surface area contributed by atoms with Crippen LogP contribution in [0.25, 0.3) is 10.8 Å². The van der Waals surface area contributed by atoms with E-state index in [4.69, 9.17) is 4.74 Å². The highest BCUT2D eigenvalue weighted by Crippen LogP contribution is 2.37. The summed E-state index contributed by atoms with van der Waals surface area (Å²) < 4.78 is 5.72. The average molecular weight is 318 g/mol. The molecule has 1 aliphatic rings. The standard InChI is InChI=1S/C20H18N2O2/c1-12-7-16-17(11-24-19(16)8-13(12)2)20(23)22-18-10-21-9-14-5-3-4-6-15(14)18/h3-10,17H,11H2,1-2H3,(H,22,23). The van der Waals surface area contributed by atoms with Gasteiger partial charge in [-0.2, -0.15) is 0 Å². The summed E-state index contributed by atoms with van der Waals surface area (Å²) in [6.45, 7) is 4.48. The maximum atomic E-state index is 12.8. The van der Waals surface area contributed by atoms with Crippen LogP contribution in [0.2, 0.25) is 0 Å². The van der Waals surface area contributed by atoms with E-state index in [0.29, 0.717) is 6.61 Å². The lowest BCUT2D eigenvalue weighted by molar-refractivity contribution is -0.117. The van der Waals surface area contributed by atoms with Gasteiger partial charge in [-0.25, -0.2) is 0 Å². The lowest BCUT2D eigenvalue weighted by atomic mass is 9.96. The van der Waals surface area contributed by atoms with Crippen LogP contribution in [0, 0.1) is 13.8 Å². The number of hydrogen-bond donors (Lipinski definition) is 1. The van der Waals surface area contributed by atoms with Gasteiger partial charge >= 0.3 is 0 Å². The van der Waals surface area contributed by atoms with Gasteiger partial charge in [0.2, 0.25) is 5.91 Å². The van der Waals surface area contributed by atoms with E-state index in [9.17, 15) is 4.79 Å². The van der Waals surface area contributed by atoms with E-state index >= 15 is 0 Å². The topological polar surface area (TPSA) is 51.2 Å². The molecule has 2 heterocycles. The number of carbonyl (C=O) groups is 1. The zero-order valence-corrected chi connectivity index (χ0v) is 13.7. The van der Waals surface area contributed by atoms with E-state index in [1.807, 2.05) is 37.3 Å². The van der Waals surface area contributed by atoms with Gasteiger partial charge in [-0.05, 0) is 31.0 Å². The third-order valence-electron chi connectivity index (χ3n) is 4.65. The molecule has 2 aromatic carbocycles. The Kier molecular flexibility index (Phi) is 3.45. The fraction of sp³-hybridized carbons (Fsp3) is 0.200. The Morgan fingerprint density at radius 2 is 1.96 bits per heavy atom. The van der Waals surface area contributed by atoms with Crippen LogP contribution in [0.4, 0.5) is 5.69 Å². The molecule has 0 spiro atoms. The first-order chi connectivity index (χ1) is 11.6. The molecule has 0 radical (unpaired) electrons. The number of nitrogens with one attached hydrogen (secondary N) is 1. The number of pyridine rings is 1. The highest BCUT2D eigenvalue weighted by molar-refractivity contribution is 6.04. The molecule has 1 unspecified atom stereocenters. The first-order valence-corrected chi connectivity index (χ1v) is 8.01. The molecule has 24 heavy (non-hydrogen) atoms. The summed E-state index contributed by atoms with van der Waals surface area (Å²) in [7, 11) is 0. The Morgan fingerprint density at radius 1 is 1.17 bits per heavy atom. The van der Waals surface area contributed by atoms with Crippen molar-refractivity contribution in [2.45, 2.75) is 19.8 Å². The molecule has 1 atom stereocenters. The van der Waals surface area contributed by atoms with E-state index in [1.165, 1.54) is 11.1 Å². The van der Waals surface area contributed by atoms with Gasteiger partial charge in [0.25, 0.3) is 0 Å². The number of anilines is 1. The van der Waals surface area contributed by atoms with Gasteiger partial charge < -0.3 is 10.1 Å². The van der Waals surface area contributed by atoms with Crippen LogP contribution in [-0.4, -0.2) is 17.5 Å². The van der Waals surface area contributed by atoms with Crippen LogP contribution in [0.15, 0.2) is 48.8 Å². The number of hydrogen-bond acceptors (Lipinski definition) is 3. The molecule has 4 rings (SSSR count). The zero-order valence-electron chi connectivity index (χ0n) is 13.7. The molecule has 1 N–H and O–H groups in total. The maximum absolute atomic E-state index is 12.8. The molecule has 0 aliphatic carbocycles. The third-order valence-corrected chi connectivity index (χ3v) is 4.65. The molecule has 3 aromatic rings. The number of amides is 1. The van der Waals surface area contributed by atoms with Gasteiger partial charge in [0.05, 0.1) is 11.9 Å². The monoisotopic (exact) mass is 318 g/mol.